The number of halogens is 1. The molecule has 0 aliphatic heterocycles. The van der Waals surface area contributed by atoms with Crippen molar-refractivity contribution >= 4 is 15.9 Å². The molecule has 1 unspecified atom stereocenters. The summed E-state index contributed by atoms with van der Waals surface area (Å²) in [5, 5.41) is 4.53. The van der Waals surface area contributed by atoms with Crippen LogP contribution in [-0.4, -0.2) is 21.3 Å². The first-order chi connectivity index (χ1) is 8.15. The first kappa shape index (κ1) is 12.3. The number of nitrogens with zero attached hydrogens (tertiary/aromatic N) is 3. The first-order valence-electron chi connectivity index (χ1n) is 5.46. The zero-order valence-electron chi connectivity index (χ0n) is 9.89. The summed E-state index contributed by atoms with van der Waals surface area (Å²) in [5.74, 6) is 0. The van der Waals surface area contributed by atoms with Crippen molar-refractivity contribution in [2.45, 2.75) is 19.9 Å². The molecular weight excluding hydrogens is 280 g/mol. The van der Waals surface area contributed by atoms with Gasteiger partial charge in [0.1, 0.15) is 0 Å². The van der Waals surface area contributed by atoms with Gasteiger partial charge < -0.3 is 5.73 Å². The number of aromatic nitrogens is 3. The van der Waals surface area contributed by atoms with Crippen LogP contribution in [0.4, 0.5) is 0 Å². The summed E-state index contributed by atoms with van der Waals surface area (Å²) in [7, 11) is 0. The first-order valence-corrected chi connectivity index (χ1v) is 6.25. The lowest BCUT2D eigenvalue weighted by Crippen LogP contribution is -2.22. The molecule has 17 heavy (non-hydrogen) atoms. The van der Waals surface area contributed by atoms with Crippen molar-refractivity contribution in [1.29, 1.82) is 0 Å². The van der Waals surface area contributed by atoms with Crippen molar-refractivity contribution in [2.24, 2.45) is 5.73 Å². The van der Waals surface area contributed by atoms with Crippen LogP contribution < -0.4 is 5.73 Å². The maximum absolute atomic E-state index is 5.87. The maximum atomic E-state index is 5.87. The van der Waals surface area contributed by atoms with Gasteiger partial charge in [-0.2, -0.15) is 5.10 Å². The van der Waals surface area contributed by atoms with Gasteiger partial charge in [-0.3, -0.25) is 9.67 Å². The lowest BCUT2D eigenvalue weighted by molar-refractivity contribution is 0.516. The van der Waals surface area contributed by atoms with Gasteiger partial charge in [0, 0.05) is 18.9 Å². The molecule has 0 bridgehead atoms. The summed E-state index contributed by atoms with van der Waals surface area (Å²) < 4.78 is 3.01. The van der Waals surface area contributed by atoms with Gasteiger partial charge in [0.05, 0.1) is 21.9 Å². The molecule has 0 aliphatic rings. The Bertz CT molecular complexity index is 507. The van der Waals surface area contributed by atoms with E-state index >= 15 is 0 Å². The fourth-order valence-corrected chi connectivity index (χ4v) is 2.17. The Morgan fingerprint density at radius 2 is 2.00 bits per heavy atom. The Morgan fingerprint density at radius 3 is 2.47 bits per heavy atom. The summed E-state index contributed by atoms with van der Waals surface area (Å²) in [6, 6.07) is 4.01. The van der Waals surface area contributed by atoms with Crippen LogP contribution in [0.15, 0.2) is 29.0 Å². The van der Waals surface area contributed by atoms with E-state index in [1.165, 1.54) is 0 Å². The van der Waals surface area contributed by atoms with Gasteiger partial charge in [0.25, 0.3) is 0 Å². The molecule has 0 aliphatic carbocycles. The predicted molar refractivity (Wildman–Crippen MR) is 70.8 cm³/mol. The van der Waals surface area contributed by atoms with E-state index in [4.69, 9.17) is 5.73 Å². The Balaban J connectivity index is 2.46. The molecule has 0 aromatic carbocycles. The Labute approximate surface area is 109 Å². The van der Waals surface area contributed by atoms with Crippen molar-refractivity contribution in [2.75, 3.05) is 6.54 Å². The monoisotopic (exact) mass is 294 g/mol. The largest absolute Gasteiger partial charge is 0.328 e. The van der Waals surface area contributed by atoms with E-state index in [0.717, 1.165) is 21.4 Å². The average Bonchev–Trinajstić information content (AvgIpc) is 2.60. The minimum atomic E-state index is 0.0583. The number of hydrogen-bond acceptors (Lipinski definition) is 3. The predicted octanol–water partition coefficient (Wildman–Crippen LogP) is 2.21. The van der Waals surface area contributed by atoms with Crippen LogP contribution in [0.25, 0.3) is 0 Å². The average molecular weight is 295 g/mol. The van der Waals surface area contributed by atoms with Crippen molar-refractivity contribution < 1.29 is 0 Å². The summed E-state index contributed by atoms with van der Waals surface area (Å²) in [6.07, 6.45) is 3.55. The summed E-state index contributed by atoms with van der Waals surface area (Å²) in [4.78, 5) is 4.02. The molecule has 2 aromatic rings. The highest BCUT2D eigenvalue weighted by Crippen LogP contribution is 2.25. The quantitative estimate of drug-likeness (QED) is 0.944. The molecule has 2 N–H and O–H groups in total. The van der Waals surface area contributed by atoms with E-state index in [-0.39, 0.29) is 6.04 Å². The zero-order valence-corrected chi connectivity index (χ0v) is 11.5. The molecule has 0 radical (unpaired) electrons. The second-order valence-corrected chi connectivity index (χ2v) is 4.75. The normalized spacial score (nSPS) is 12.7. The fourth-order valence-electron chi connectivity index (χ4n) is 1.91. The third-order valence-corrected chi connectivity index (χ3v) is 3.99. The van der Waals surface area contributed by atoms with Crippen LogP contribution in [0.5, 0.6) is 0 Å². The maximum Gasteiger partial charge on any atom is 0.0895 e. The molecule has 0 amide bonds. The fraction of sp³-hybridized carbons (Fsp3) is 0.333. The second-order valence-electron chi connectivity index (χ2n) is 3.96. The summed E-state index contributed by atoms with van der Waals surface area (Å²) in [6.45, 7) is 4.53. The molecule has 2 heterocycles. The lowest BCUT2D eigenvalue weighted by atomic mass is 10.1. The molecule has 1 atom stereocenters. The Hall–Kier alpha value is -1.20. The van der Waals surface area contributed by atoms with E-state index in [0.29, 0.717) is 6.54 Å². The van der Waals surface area contributed by atoms with Gasteiger partial charge in [0.15, 0.2) is 0 Å². The molecule has 0 saturated carbocycles. The SMILES string of the molecule is Cc1nn(C(CN)c2ccncc2)c(C)c1Br. The van der Waals surface area contributed by atoms with Crippen LogP contribution in [0.3, 0.4) is 0 Å². The molecule has 0 spiro atoms. The van der Waals surface area contributed by atoms with Crippen molar-refractivity contribution in [3.63, 3.8) is 0 Å². The molecule has 4 nitrogen and oxygen atoms in total. The van der Waals surface area contributed by atoms with Crippen molar-refractivity contribution in [3.05, 3.63) is 46.0 Å². The standard InChI is InChI=1S/C12H15BrN4/c1-8-12(13)9(2)17(16-8)11(7-14)10-3-5-15-6-4-10/h3-6,11H,7,14H2,1-2H3. The van der Waals surface area contributed by atoms with Crippen molar-refractivity contribution in [1.82, 2.24) is 14.8 Å². The second kappa shape index (κ2) is 4.98. The van der Waals surface area contributed by atoms with E-state index in [1.807, 2.05) is 30.7 Å². The molecule has 5 heteroatoms. The summed E-state index contributed by atoms with van der Waals surface area (Å²) >= 11 is 3.53. The van der Waals surface area contributed by atoms with E-state index in [2.05, 4.69) is 26.0 Å². The van der Waals surface area contributed by atoms with Gasteiger partial charge in [-0.05, 0) is 47.5 Å². The third kappa shape index (κ3) is 2.25. The number of aryl methyl sites for hydroxylation is 1. The minimum Gasteiger partial charge on any atom is -0.328 e. The number of pyridine rings is 1. The lowest BCUT2D eigenvalue weighted by Gasteiger charge is -2.17. The molecule has 2 aromatic heterocycles. The smallest absolute Gasteiger partial charge is 0.0895 e. The van der Waals surface area contributed by atoms with Crippen LogP contribution in [0.1, 0.15) is 23.0 Å². The van der Waals surface area contributed by atoms with Crippen LogP contribution in [-0.2, 0) is 0 Å². The topological polar surface area (TPSA) is 56.7 Å². The van der Waals surface area contributed by atoms with Crippen LogP contribution >= 0.6 is 15.9 Å². The highest BCUT2D eigenvalue weighted by molar-refractivity contribution is 9.10. The minimum absolute atomic E-state index is 0.0583. The molecule has 2 rings (SSSR count). The highest BCUT2D eigenvalue weighted by atomic mass is 79.9. The number of hydrogen-bond donors (Lipinski definition) is 1. The Morgan fingerprint density at radius 1 is 1.35 bits per heavy atom. The van der Waals surface area contributed by atoms with Gasteiger partial charge in [-0.25, -0.2) is 0 Å². The third-order valence-electron chi connectivity index (χ3n) is 2.85. The highest BCUT2D eigenvalue weighted by Gasteiger charge is 2.17. The van der Waals surface area contributed by atoms with Crippen LogP contribution in [0.2, 0.25) is 0 Å². The molecule has 90 valence electrons. The van der Waals surface area contributed by atoms with Crippen molar-refractivity contribution in [3.8, 4) is 0 Å². The van der Waals surface area contributed by atoms with Gasteiger partial charge in [-0.15, -0.1) is 0 Å². The molecular formula is C12H15BrN4. The number of nitrogens with two attached hydrogens (primary N) is 1. The summed E-state index contributed by atoms with van der Waals surface area (Å²) in [5.41, 5.74) is 9.07. The van der Waals surface area contributed by atoms with E-state index in [1.54, 1.807) is 12.4 Å². The number of rotatable bonds is 3. The van der Waals surface area contributed by atoms with Gasteiger partial charge in [-0.1, -0.05) is 0 Å². The zero-order chi connectivity index (χ0) is 12.4. The Kier molecular flexibility index (Phi) is 3.59. The molecule has 0 saturated heterocycles. The van der Waals surface area contributed by atoms with E-state index in [9.17, 15) is 0 Å². The molecule has 0 fully saturated rings. The van der Waals surface area contributed by atoms with Gasteiger partial charge >= 0.3 is 0 Å². The van der Waals surface area contributed by atoms with Gasteiger partial charge in [0.2, 0.25) is 0 Å². The van der Waals surface area contributed by atoms with E-state index < -0.39 is 0 Å². The van der Waals surface area contributed by atoms with Crippen LogP contribution in [0, 0.1) is 13.8 Å².